The van der Waals surface area contributed by atoms with Gasteiger partial charge in [-0.3, -0.25) is 14.4 Å². The topological polar surface area (TPSA) is 218 Å². The Morgan fingerprint density at radius 1 is 0.953 bits per heavy atom. The van der Waals surface area contributed by atoms with Crippen molar-refractivity contribution in [3.8, 4) is 0 Å². The lowest BCUT2D eigenvalue weighted by Gasteiger charge is -2.54. The number of rotatable bonds is 17. The van der Waals surface area contributed by atoms with Gasteiger partial charge in [0.15, 0.2) is 11.9 Å². The van der Waals surface area contributed by atoms with Crippen molar-refractivity contribution < 1.29 is 63.2 Å². The zero-order valence-corrected chi connectivity index (χ0v) is 39.8. The molecule has 18 atom stereocenters. The highest BCUT2D eigenvalue weighted by Gasteiger charge is 2.64. The third kappa shape index (κ3) is 10.0. The van der Waals surface area contributed by atoms with Gasteiger partial charge in [-0.15, -0.1) is 5.10 Å². The molecule has 0 amide bonds. The number of esters is 1. The van der Waals surface area contributed by atoms with Gasteiger partial charge in [0.05, 0.1) is 59.4 Å². The molecule has 0 aliphatic carbocycles. The van der Waals surface area contributed by atoms with Crippen LogP contribution in [0.15, 0.2) is 18.3 Å². The molecule has 6 rings (SSSR count). The molecule has 4 N–H and O–H groups in total. The van der Waals surface area contributed by atoms with E-state index < -0.39 is 95.0 Å². The third-order valence-corrected chi connectivity index (χ3v) is 15.9. The van der Waals surface area contributed by atoms with Crippen molar-refractivity contribution in [1.29, 1.82) is 0 Å². The number of carbonyl (C=O) groups excluding carboxylic acids is 2. The highest BCUT2D eigenvalue weighted by Crippen LogP contribution is 2.54. The van der Waals surface area contributed by atoms with E-state index in [4.69, 9.17) is 28.4 Å². The average molecular weight is 904 g/mol. The first-order chi connectivity index (χ1) is 30.2. The van der Waals surface area contributed by atoms with E-state index >= 15 is 0 Å². The summed E-state index contributed by atoms with van der Waals surface area (Å²) in [6, 6.07) is 0. The molecule has 5 aliphatic heterocycles. The largest absolute Gasteiger partial charge is 0.481 e. The number of aliphatic carboxylic acids is 1. The predicted octanol–water partition coefficient (Wildman–Crippen LogP) is 5.57. The molecular weight excluding hydrogens is 827 g/mol. The first kappa shape index (κ1) is 50.6. The van der Waals surface area contributed by atoms with Crippen LogP contribution in [0.2, 0.25) is 0 Å². The highest BCUT2D eigenvalue weighted by atomic mass is 16.8. The van der Waals surface area contributed by atoms with Gasteiger partial charge in [0.2, 0.25) is 5.79 Å². The van der Waals surface area contributed by atoms with Crippen molar-refractivity contribution in [2.75, 3.05) is 6.61 Å². The molecule has 362 valence electrons. The number of hydrogen-bond acceptors (Lipinski definition) is 14. The second kappa shape index (κ2) is 20.2. The molecule has 0 bridgehead atoms. The van der Waals surface area contributed by atoms with E-state index in [0.29, 0.717) is 69.9 Å². The number of ketones is 1. The summed E-state index contributed by atoms with van der Waals surface area (Å²) in [5.74, 6) is -7.14. The van der Waals surface area contributed by atoms with Crippen LogP contribution in [0.5, 0.6) is 0 Å². The van der Waals surface area contributed by atoms with E-state index in [-0.39, 0.29) is 42.8 Å². The van der Waals surface area contributed by atoms with Crippen LogP contribution in [0.3, 0.4) is 0 Å². The molecule has 1 aromatic heterocycles. The number of carbonyl (C=O) groups is 3. The van der Waals surface area contributed by atoms with Crippen LogP contribution in [-0.4, -0.2) is 125 Å². The van der Waals surface area contributed by atoms with Gasteiger partial charge in [-0.05, 0) is 95.6 Å². The molecule has 4 saturated heterocycles. The number of aliphatic hydroxyl groups is 3. The number of aromatic nitrogens is 3. The van der Waals surface area contributed by atoms with Crippen LogP contribution in [-0.2, 0) is 55.8 Å². The summed E-state index contributed by atoms with van der Waals surface area (Å²) in [6.45, 7) is 19.1. The Bertz CT molecular complexity index is 1810. The standard InChI is InChI=1S/C48H77N3O13/c1-11-34(44(56)57)36-15-14-27(4)42(60-36)31(8)40(54)30(7)41(55)35(12-2)43-28(5)24-29(6)47(62-43)20-17-38(61-39(53)26-51-25-33(18-23-52)49-50-51)48(64-47)22-21-45(10,63-48)37-16-19-46(58,13-3)32(9)59-37/h17,20,25,27-32,34-38,40,42-43,52,54,58H,11-16,18-19,21-24,26H2,1-10H3,(H,56,57)/t27-,28-,29+,30-,31-,32-,34+,35-,36+,37+,38+,40+,42+,43-,45-,46+,47-,48-/m0/s1. The van der Waals surface area contributed by atoms with Crippen molar-refractivity contribution >= 4 is 17.7 Å². The van der Waals surface area contributed by atoms with Crippen LogP contribution >= 0.6 is 0 Å². The predicted molar refractivity (Wildman–Crippen MR) is 233 cm³/mol. The van der Waals surface area contributed by atoms with Crippen molar-refractivity contribution in [2.45, 2.75) is 212 Å². The van der Waals surface area contributed by atoms with Gasteiger partial charge in [0, 0.05) is 49.3 Å². The fourth-order valence-electron chi connectivity index (χ4n) is 11.6. The summed E-state index contributed by atoms with van der Waals surface area (Å²) < 4.78 is 41.9. The van der Waals surface area contributed by atoms with Gasteiger partial charge in [-0.2, -0.15) is 0 Å². The Morgan fingerprint density at radius 3 is 2.31 bits per heavy atom. The Morgan fingerprint density at radius 2 is 1.67 bits per heavy atom. The lowest BCUT2D eigenvalue weighted by atomic mass is 9.72. The number of aliphatic hydroxyl groups excluding tert-OH is 2. The van der Waals surface area contributed by atoms with Crippen LogP contribution in [0.4, 0.5) is 0 Å². The van der Waals surface area contributed by atoms with Gasteiger partial charge < -0.3 is 48.8 Å². The molecule has 16 nitrogen and oxygen atoms in total. The second-order valence-corrected chi connectivity index (χ2v) is 20.3. The normalized spacial score (nSPS) is 40.2. The minimum atomic E-state index is -1.51. The maximum absolute atomic E-state index is 14.7. The third-order valence-electron chi connectivity index (χ3n) is 15.9. The van der Waals surface area contributed by atoms with Crippen LogP contribution in [0.1, 0.15) is 139 Å². The fraction of sp³-hybridized carbons (Fsp3) is 0.854. The summed E-state index contributed by atoms with van der Waals surface area (Å²) >= 11 is 0. The molecule has 16 heteroatoms. The average Bonchev–Trinajstić information content (AvgIpc) is 3.85. The SMILES string of the molecule is CC[C@@H](C(=O)[C@@H](C)[C@@H](O)[C@H](C)[C@@H]1O[C@@H]([C@@H](CC)C(=O)O)CC[C@@H]1C)[C@H]1O[C@]2(C=C[C@@H](OC(=O)Cn3cc(CCO)nn3)[C@]3(CC[C@@](C)([C@H]4CC[C@](O)(CC)[C@H](C)O4)O3)O2)[C@H](C)C[C@@H]1C. The quantitative estimate of drug-likeness (QED) is 0.111. The van der Waals surface area contributed by atoms with Gasteiger partial charge in [0.1, 0.15) is 12.3 Å². The number of carboxylic acid groups (broad SMARTS) is 1. The van der Waals surface area contributed by atoms with Crippen molar-refractivity contribution in [3.63, 3.8) is 0 Å². The van der Waals surface area contributed by atoms with Crippen LogP contribution in [0, 0.1) is 41.4 Å². The molecule has 4 fully saturated rings. The zero-order chi connectivity index (χ0) is 46.9. The minimum Gasteiger partial charge on any atom is -0.481 e. The number of Topliss-reactive ketones (excluding diaryl/α,β-unsaturated/α-hetero) is 1. The van der Waals surface area contributed by atoms with E-state index in [0.717, 1.165) is 6.42 Å². The summed E-state index contributed by atoms with van der Waals surface area (Å²) in [4.78, 5) is 40.4. The van der Waals surface area contributed by atoms with Gasteiger partial charge in [-0.1, -0.05) is 60.6 Å². The Labute approximate surface area is 379 Å². The number of ether oxygens (including phenoxy) is 6. The molecule has 6 heterocycles. The molecule has 0 saturated carbocycles. The zero-order valence-electron chi connectivity index (χ0n) is 39.8. The lowest BCUT2D eigenvalue weighted by molar-refractivity contribution is -0.409. The molecule has 2 spiro atoms. The van der Waals surface area contributed by atoms with E-state index in [1.807, 2.05) is 48.5 Å². The van der Waals surface area contributed by atoms with Gasteiger partial charge in [-0.25, -0.2) is 4.68 Å². The molecule has 5 aliphatic rings. The second-order valence-electron chi connectivity index (χ2n) is 20.3. The van der Waals surface area contributed by atoms with E-state index in [1.165, 1.54) is 4.68 Å². The monoisotopic (exact) mass is 904 g/mol. The van der Waals surface area contributed by atoms with Crippen molar-refractivity contribution in [1.82, 2.24) is 15.0 Å². The van der Waals surface area contributed by atoms with E-state index in [1.54, 1.807) is 25.3 Å². The summed E-state index contributed by atoms with van der Waals surface area (Å²) in [7, 11) is 0. The Hall–Kier alpha value is -2.83. The molecule has 0 radical (unpaired) electrons. The first-order valence-corrected chi connectivity index (χ1v) is 24.1. The molecule has 1 aromatic rings. The van der Waals surface area contributed by atoms with Crippen LogP contribution < -0.4 is 0 Å². The lowest BCUT2D eigenvalue weighted by Crippen LogP contribution is -2.63. The van der Waals surface area contributed by atoms with Crippen LogP contribution in [0.25, 0.3) is 0 Å². The van der Waals surface area contributed by atoms with E-state index in [2.05, 4.69) is 24.2 Å². The summed E-state index contributed by atoms with van der Waals surface area (Å²) in [5.41, 5.74) is -1.29. The number of carboxylic acids is 1. The van der Waals surface area contributed by atoms with Gasteiger partial charge >= 0.3 is 11.9 Å². The molecular formula is C48H77N3O13. The number of hydrogen-bond donors (Lipinski definition) is 4. The number of nitrogens with zero attached hydrogens (tertiary/aromatic N) is 3. The maximum atomic E-state index is 14.7. The molecule has 0 unspecified atom stereocenters. The Kier molecular flexibility index (Phi) is 15.9. The van der Waals surface area contributed by atoms with Crippen molar-refractivity contribution in [2.24, 2.45) is 41.4 Å². The maximum Gasteiger partial charge on any atom is 0.328 e. The molecule has 64 heavy (non-hydrogen) atoms. The van der Waals surface area contributed by atoms with Crippen molar-refractivity contribution in [3.05, 3.63) is 24.0 Å². The fourth-order valence-corrected chi connectivity index (χ4v) is 11.6. The van der Waals surface area contributed by atoms with E-state index in [9.17, 15) is 34.8 Å². The highest BCUT2D eigenvalue weighted by molar-refractivity contribution is 5.84. The summed E-state index contributed by atoms with van der Waals surface area (Å²) in [5, 5.41) is 50.4. The summed E-state index contributed by atoms with van der Waals surface area (Å²) in [6.07, 6.45) is 6.53. The first-order valence-electron chi connectivity index (χ1n) is 24.1. The Balaban J connectivity index is 1.24. The van der Waals surface area contributed by atoms with Gasteiger partial charge in [0.25, 0.3) is 0 Å². The minimum absolute atomic E-state index is 0.0631. The molecule has 0 aromatic carbocycles. The smallest absolute Gasteiger partial charge is 0.328 e.